The van der Waals surface area contributed by atoms with Crippen LogP contribution in [0.3, 0.4) is 0 Å². The summed E-state index contributed by atoms with van der Waals surface area (Å²) in [5.74, 6) is 0.900. The first-order valence-corrected chi connectivity index (χ1v) is 8.78. The lowest BCUT2D eigenvalue weighted by Gasteiger charge is -2.33. The summed E-state index contributed by atoms with van der Waals surface area (Å²) in [6.45, 7) is 3.28. The molecular formula is C17H25BrN2. The lowest BCUT2D eigenvalue weighted by molar-refractivity contribution is 0.430. The number of nitrogens with two attached hydrogens (primary N) is 1. The molecule has 1 aliphatic heterocycles. The molecule has 110 valence electrons. The molecule has 20 heavy (non-hydrogen) atoms. The van der Waals surface area contributed by atoms with Gasteiger partial charge in [0, 0.05) is 28.8 Å². The van der Waals surface area contributed by atoms with Crippen LogP contribution < -0.4 is 10.6 Å². The molecule has 2 atom stereocenters. The standard InChI is InChI=1S/C17H25BrN2/c1-12(19)15-9-8-14(18)11-17(15)20-10-4-7-16(20)13-5-2-3-6-13/h8-9,11-13,16H,2-7,10,19H2,1H3. The van der Waals surface area contributed by atoms with Gasteiger partial charge in [0.05, 0.1) is 0 Å². The third kappa shape index (κ3) is 2.75. The van der Waals surface area contributed by atoms with Gasteiger partial charge in [0.25, 0.3) is 0 Å². The van der Waals surface area contributed by atoms with Gasteiger partial charge in [-0.3, -0.25) is 0 Å². The maximum absolute atomic E-state index is 6.19. The van der Waals surface area contributed by atoms with Gasteiger partial charge >= 0.3 is 0 Å². The van der Waals surface area contributed by atoms with Gasteiger partial charge in [0.15, 0.2) is 0 Å². The number of hydrogen-bond acceptors (Lipinski definition) is 2. The quantitative estimate of drug-likeness (QED) is 0.871. The van der Waals surface area contributed by atoms with E-state index in [-0.39, 0.29) is 6.04 Å². The highest BCUT2D eigenvalue weighted by Gasteiger charge is 2.34. The monoisotopic (exact) mass is 336 g/mol. The minimum absolute atomic E-state index is 0.0999. The van der Waals surface area contributed by atoms with E-state index in [2.05, 4.69) is 46.0 Å². The Kier molecular flexibility index (Phi) is 4.37. The average molecular weight is 337 g/mol. The van der Waals surface area contributed by atoms with Crippen LogP contribution in [-0.2, 0) is 0 Å². The molecule has 0 spiro atoms. The molecule has 1 saturated heterocycles. The molecule has 1 aromatic rings. The highest BCUT2D eigenvalue weighted by atomic mass is 79.9. The molecule has 2 N–H and O–H groups in total. The van der Waals surface area contributed by atoms with Gasteiger partial charge in [-0.15, -0.1) is 0 Å². The van der Waals surface area contributed by atoms with E-state index in [0.29, 0.717) is 0 Å². The Hall–Kier alpha value is -0.540. The van der Waals surface area contributed by atoms with Crippen LogP contribution in [-0.4, -0.2) is 12.6 Å². The molecule has 2 aliphatic rings. The Morgan fingerprint density at radius 2 is 1.95 bits per heavy atom. The minimum Gasteiger partial charge on any atom is -0.368 e. The van der Waals surface area contributed by atoms with Gasteiger partial charge in [0.1, 0.15) is 0 Å². The topological polar surface area (TPSA) is 29.3 Å². The van der Waals surface area contributed by atoms with Crippen molar-refractivity contribution in [3.63, 3.8) is 0 Å². The van der Waals surface area contributed by atoms with Crippen LogP contribution in [0, 0.1) is 5.92 Å². The zero-order chi connectivity index (χ0) is 14.1. The molecule has 1 aromatic carbocycles. The zero-order valence-electron chi connectivity index (χ0n) is 12.3. The maximum atomic E-state index is 6.19. The summed E-state index contributed by atoms with van der Waals surface area (Å²) in [6.07, 6.45) is 8.37. The fraction of sp³-hybridized carbons (Fsp3) is 0.647. The lowest BCUT2D eigenvalue weighted by atomic mass is 9.95. The smallest absolute Gasteiger partial charge is 0.0428 e. The van der Waals surface area contributed by atoms with E-state index in [1.807, 2.05) is 0 Å². The predicted molar refractivity (Wildman–Crippen MR) is 89.1 cm³/mol. The van der Waals surface area contributed by atoms with E-state index in [1.165, 1.54) is 56.3 Å². The highest BCUT2D eigenvalue weighted by Crippen LogP contribution is 2.40. The van der Waals surface area contributed by atoms with Crippen molar-refractivity contribution < 1.29 is 0 Å². The first-order chi connectivity index (χ1) is 9.66. The van der Waals surface area contributed by atoms with E-state index in [0.717, 1.165) is 16.4 Å². The van der Waals surface area contributed by atoms with Gasteiger partial charge in [-0.2, -0.15) is 0 Å². The van der Waals surface area contributed by atoms with E-state index < -0.39 is 0 Å². The van der Waals surface area contributed by atoms with Crippen molar-refractivity contribution in [1.29, 1.82) is 0 Å². The molecule has 0 radical (unpaired) electrons. The Bertz CT molecular complexity index is 466. The summed E-state index contributed by atoms with van der Waals surface area (Å²) in [5, 5.41) is 0. The maximum Gasteiger partial charge on any atom is 0.0428 e. The zero-order valence-corrected chi connectivity index (χ0v) is 13.9. The largest absolute Gasteiger partial charge is 0.368 e. The molecule has 1 heterocycles. The summed E-state index contributed by atoms with van der Waals surface area (Å²) >= 11 is 3.63. The summed E-state index contributed by atoms with van der Waals surface area (Å²) in [7, 11) is 0. The highest BCUT2D eigenvalue weighted by molar-refractivity contribution is 9.10. The normalized spacial score (nSPS) is 25.4. The third-order valence-electron chi connectivity index (χ3n) is 5.04. The van der Waals surface area contributed by atoms with Crippen molar-refractivity contribution in [2.24, 2.45) is 11.7 Å². The van der Waals surface area contributed by atoms with Crippen molar-refractivity contribution in [1.82, 2.24) is 0 Å². The summed E-state index contributed by atoms with van der Waals surface area (Å²) in [6, 6.07) is 7.41. The second-order valence-corrected chi connectivity index (χ2v) is 7.35. The average Bonchev–Trinajstić information content (AvgIpc) is 3.09. The molecule has 2 fully saturated rings. The number of halogens is 1. The van der Waals surface area contributed by atoms with Crippen molar-refractivity contribution in [2.45, 2.75) is 57.5 Å². The number of anilines is 1. The summed E-state index contributed by atoms with van der Waals surface area (Å²) in [5.41, 5.74) is 8.84. The lowest BCUT2D eigenvalue weighted by Crippen LogP contribution is -2.35. The number of nitrogens with zero attached hydrogens (tertiary/aromatic N) is 1. The van der Waals surface area contributed by atoms with E-state index >= 15 is 0 Å². The minimum atomic E-state index is 0.0999. The fourth-order valence-corrected chi connectivity index (χ4v) is 4.42. The van der Waals surface area contributed by atoms with Gasteiger partial charge < -0.3 is 10.6 Å². The van der Waals surface area contributed by atoms with Crippen LogP contribution in [0.5, 0.6) is 0 Å². The Morgan fingerprint density at radius 1 is 1.20 bits per heavy atom. The van der Waals surface area contributed by atoms with Gasteiger partial charge in [-0.05, 0) is 56.2 Å². The van der Waals surface area contributed by atoms with Crippen LogP contribution in [0.15, 0.2) is 22.7 Å². The molecule has 1 saturated carbocycles. The first kappa shape index (κ1) is 14.4. The van der Waals surface area contributed by atoms with Crippen LogP contribution >= 0.6 is 15.9 Å². The number of benzene rings is 1. The SMILES string of the molecule is CC(N)c1ccc(Br)cc1N1CCCC1C1CCCC1. The van der Waals surface area contributed by atoms with E-state index in [4.69, 9.17) is 5.73 Å². The number of rotatable bonds is 3. The van der Waals surface area contributed by atoms with Crippen molar-refractivity contribution in [3.8, 4) is 0 Å². The van der Waals surface area contributed by atoms with Gasteiger partial charge in [-0.25, -0.2) is 0 Å². The van der Waals surface area contributed by atoms with Crippen LogP contribution in [0.2, 0.25) is 0 Å². The van der Waals surface area contributed by atoms with Crippen LogP contribution in [0.4, 0.5) is 5.69 Å². The second-order valence-electron chi connectivity index (χ2n) is 6.44. The number of hydrogen-bond donors (Lipinski definition) is 1. The van der Waals surface area contributed by atoms with Crippen molar-refractivity contribution >= 4 is 21.6 Å². The van der Waals surface area contributed by atoms with Crippen molar-refractivity contribution in [2.75, 3.05) is 11.4 Å². The molecule has 0 bridgehead atoms. The third-order valence-corrected chi connectivity index (χ3v) is 5.53. The molecule has 0 amide bonds. The fourth-order valence-electron chi connectivity index (χ4n) is 4.07. The first-order valence-electron chi connectivity index (χ1n) is 7.98. The van der Waals surface area contributed by atoms with Crippen LogP contribution in [0.25, 0.3) is 0 Å². The molecular weight excluding hydrogens is 312 g/mol. The Balaban J connectivity index is 1.92. The molecule has 3 heteroatoms. The second kappa shape index (κ2) is 6.07. The van der Waals surface area contributed by atoms with E-state index in [9.17, 15) is 0 Å². The van der Waals surface area contributed by atoms with Crippen LogP contribution in [0.1, 0.15) is 57.1 Å². The molecule has 1 aliphatic carbocycles. The predicted octanol–water partition coefficient (Wildman–Crippen LogP) is 4.63. The van der Waals surface area contributed by atoms with Gasteiger partial charge in [-0.1, -0.05) is 34.8 Å². The molecule has 3 rings (SSSR count). The summed E-state index contributed by atoms with van der Waals surface area (Å²) in [4.78, 5) is 2.65. The Morgan fingerprint density at radius 3 is 2.65 bits per heavy atom. The van der Waals surface area contributed by atoms with Gasteiger partial charge in [0.2, 0.25) is 0 Å². The molecule has 2 nitrogen and oxygen atoms in total. The Labute approximate surface area is 130 Å². The molecule has 0 aromatic heterocycles. The van der Waals surface area contributed by atoms with E-state index in [1.54, 1.807) is 0 Å². The molecule has 2 unspecified atom stereocenters. The summed E-state index contributed by atoms with van der Waals surface area (Å²) < 4.78 is 1.16. The van der Waals surface area contributed by atoms with Crippen molar-refractivity contribution in [3.05, 3.63) is 28.2 Å².